The van der Waals surface area contributed by atoms with Crippen molar-refractivity contribution < 1.29 is 19.4 Å². The molecule has 0 radical (unpaired) electrons. The molecule has 0 atom stereocenters. The van der Waals surface area contributed by atoms with Gasteiger partial charge in [0.15, 0.2) is 0 Å². The third-order valence-electron chi connectivity index (χ3n) is 5.33. The third kappa shape index (κ3) is 4.80. The predicted octanol–water partition coefficient (Wildman–Crippen LogP) is 4.03. The minimum absolute atomic E-state index is 0.0124. The Bertz CT molecular complexity index is 721. The molecule has 27 heavy (non-hydrogen) atoms. The molecular weight excluding hydrogens is 342 g/mol. The molecule has 0 bridgehead atoms. The van der Waals surface area contributed by atoms with Crippen molar-refractivity contribution in [1.29, 1.82) is 0 Å². The Morgan fingerprint density at radius 3 is 1.93 bits per heavy atom. The quantitative estimate of drug-likeness (QED) is 0.771. The Morgan fingerprint density at radius 1 is 0.963 bits per heavy atom. The van der Waals surface area contributed by atoms with Crippen LogP contribution in [0.4, 0.5) is 0 Å². The molecule has 0 heterocycles. The number of hydrogen-bond acceptors (Lipinski definition) is 4. The molecular formula is C22H27NO4. The van der Waals surface area contributed by atoms with Crippen LogP contribution in [0.2, 0.25) is 0 Å². The molecule has 1 fully saturated rings. The first-order valence-electron chi connectivity index (χ1n) is 9.37. The van der Waals surface area contributed by atoms with Crippen LogP contribution in [-0.2, 0) is 4.79 Å². The summed E-state index contributed by atoms with van der Waals surface area (Å²) in [5.41, 5.74) is 2.23. The summed E-state index contributed by atoms with van der Waals surface area (Å²) in [6.45, 7) is 0. The second-order valence-corrected chi connectivity index (χ2v) is 7.04. The van der Waals surface area contributed by atoms with Gasteiger partial charge in [0.1, 0.15) is 11.5 Å². The molecule has 1 aliphatic rings. The first-order chi connectivity index (χ1) is 13.1. The van der Waals surface area contributed by atoms with E-state index in [-0.39, 0.29) is 18.0 Å². The van der Waals surface area contributed by atoms with Crippen molar-refractivity contribution in [2.75, 3.05) is 14.2 Å². The number of carboxylic acids is 1. The molecule has 5 heteroatoms. The summed E-state index contributed by atoms with van der Waals surface area (Å²) in [6, 6.07) is 16.4. The van der Waals surface area contributed by atoms with E-state index in [9.17, 15) is 9.90 Å². The Balaban J connectivity index is 1.84. The number of methoxy groups -OCH3 is 2. The highest BCUT2D eigenvalue weighted by Crippen LogP contribution is 2.31. The van der Waals surface area contributed by atoms with Crippen molar-refractivity contribution in [2.45, 2.75) is 37.8 Å². The highest BCUT2D eigenvalue weighted by molar-refractivity contribution is 5.70. The normalized spacial score (nSPS) is 19.7. The molecule has 2 aromatic carbocycles. The van der Waals surface area contributed by atoms with Gasteiger partial charge in [-0.15, -0.1) is 0 Å². The van der Waals surface area contributed by atoms with Gasteiger partial charge in [0.05, 0.1) is 26.2 Å². The molecule has 0 aliphatic heterocycles. The van der Waals surface area contributed by atoms with E-state index in [1.165, 1.54) is 0 Å². The molecule has 1 saturated carbocycles. The van der Waals surface area contributed by atoms with Crippen LogP contribution in [0.5, 0.6) is 11.5 Å². The van der Waals surface area contributed by atoms with Crippen molar-refractivity contribution in [3.63, 3.8) is 0 Å². The zero-order valence-electron chi connectivity index (χ0n) is 15.9. The zero-order valence-corrected chi connectivity index (χ0v) is 15.9. The maximum atomic E-state index is 11.2. The minimum atomic E-state index is -0.675. The van der Waals surface area contributed by atoms with Crippen LogP contribution in [0.15, 0.2) is 48.5 Å². The smallest absolute Gasteiger partial charge is 0.306 e. The van der Waals surface area contributed by atoms with E-state index in [0.717, 1.165) is 48.3 Å². The lowest BCUT2D eigenvalue weighted by Gasteiger charge is -2.31. The first kappa shape index (κ1) is 19.2. The first-order valence-corrected chi connectivity index (χ1v) is 9.37. The summed E-state index contributed by atoms with van der Waals surface area (Å²) in [5.74, 6) is 0.745. The second kappa shape index (κ2) is 8.91. The van der Waals surface area contributed by atoms with Crippen LogP contribution in [0, 0.1) is 5.92 Å². The van der Waals surface area contributed by atoms with E-state index < -0.39 is 5.97 Å². The summed E-state index contributed by atoms with van der Waals surface area (Å²) < 4.78 is 10.8. The van der Waals surface area contributed by atoms with Gasteiger partial charge in [-0.3, -0.25) is 4.79 Å². The summed E-state index contributed by atoms with van der Waals surface area (Å²) in [7, 11) is 3.33. The van der Waals surface area contributed by atoms with E-state index in [1.54, 1.807) is 14.2 Å². The Hall–Kier alpha value is -2.53. The second-order valence-electron chi connectivity index (χ2n) is 7.04. The lowest BCUT2D eigenvalue weighted by atomic mass is 9.85. The van der Waals surface area contributed by atoms with E-state index >= 15 is 0 Å². The summed E-state index contributed by atoms with van der Waals surface area (Å²) in [4.78, 5) is 11.2. The van der Waals surface area contributed by atoms with Gasteiger partial charge in [0.2, 0.25) is 0 Å². The lowest BCUT2D eigenvalue weighted by molar-refractivity contribution is -0.142. The van der Waals surface area contributed by atoms with Crippen molar-refractivity contribution in [1.82, 2.24) is 5.32 Å². The monoisotopic (exact) mass is 369 g/mol. The molecule has 5 nitrogen and oxygen atoms in total. The van der Waals surface area contributed by atoms with Crippen LogP contribution < -0.4 is 14.8 Å². The van der Waals surface area contributed by atoms with Crippen LogP contribution in [0.25, 0.3) is 0 Å². The number of rotatable bonds is 7. The molecule has 0 unspecified atom stereocenters. The van der Waals surface area contributed by atoms with Gasteiger partial charge in [-0.05, 0) is 61.1 Å². The van der Waals surface area contributed by atoms with Crippen LogP contribution in [-0.4, -0.2) is 31.3 Å². The van der Waals surface area contributed by atoms with Crippen molar-refractivity contribution in [3.05, 3.63) is 59.7 Å². The highest BCUT2D eigenvalue weighted by Gasteiger charge is 2.28. The van der Waals surface area contributed by atoms with Crippen LogP contribution in [0.3, 0.4) is 0 Å². The minimum Gasteiger partial charge on any atom is -0.497 e. The Labute approximate surface area is 160 Å². The fourth-order valence-electron chi connectivity index (χ4n) is 3.77. The van der Waals surface area contributed by atoms with E-state index in [0.29, 0.717) is 0 Å². The van der Waals surface area contributed by atoms with Gasteiger partial charge in [-0.1, -0.05) is 24.3 Å². The number of nitrogens with one attached hydrogen (secondary N) is 1. The Kier molecular flexibility index (Phi) is 6.35. The van der Waals surface area contributed by atoms with Crippen LogP contribution in [0.1, 0.15) is 42.9 Å². The van der Waals surface area contributed by atoms with Gasteiger partial charge in [0.25, 0.3) is 0 Å². The average Bonchev–Trinajstić information content (AvgIpc) is 2.72. The van der Waals surface area contributed by atoms with E-state index in [1.807, 2.05) is 36.4 Å². The number of ether oxygens (including phenoxy) is 2. The highest BCUT2D eigenvalue weighted by atomic mass is 16.5. The van der Waals surface area contributed by atoms with Crippen molar-refractivity contribution in [2.24, 2.45) is 5.92 Å². The number of carboxylic acid groups (broad SMARTS) is 1. The van der Waals surface area contributed by atoms with Gasteiger partial charge in [-0.25, -0.2) is 0 Å². The maximum Gasteiger partial charge on any atom is 0.306 e. The van der Waals surface area contributed by atoms with Gasteiger partial charge >= 0.3 is 5.97 Å². The Morgan fingerprint density at radius 2 is 1.48 bits per heavy atom. The fraction of sp³-hybridized carbons (Fsp3) is 0.409. The molecule has 144 valence electrons. The average molecular weight is 369 g/mol. The predicted molar refractivity (Wildman–Crippen MR) is 104 cm³/mol. The number of hydrogen-bond donors (Lipinski definition) is 2. The largest absolute Gasteiger partial charge is 0.497 e. The number of aliphatic carboxylic acids is 1. The molecule has 3 rings (SSSR count). The molecule has 2 aromatic rings. The molecule has 1 aliphatic carbocycles. The zero-order chi connectivity index (χ0) is 19.2. The van der Waals surface area contributed by atoms with Crippen LogP contribution >= 0.6 is 0 Å². The molecule has 0 spiro atoms. The molecule has 0 saturated heterocycles. The SMILES string of the molecule is COc1cccc(C(NC2CCC(C(=O)O)CC2)c2cccc(OC)c2)c1. The van der Waals surface area contributed by atoms with E-state index in [2.05, 4.69) is 17.4 Å². The topological polar surface area (TPSA) is 67.8 Å². The van der Waals surface area contributed by atoms with Crippen molar-refractivity contribution >= 4 is 5.97 Å². The fourth-order valence-corrected chi connectivity index (χ4v) is 3.77. The van der Waals surface area contributed by atoms with Gasteiger partial charge < -0.3 is 19.9 Å². The molecule has 2 N–H and O–H groups in total. The number of carbonyl (C=O) groups is 1. The number of benzene rings is 2. The molecule has 0 aromatic heterocycles. The van der Waals surface area contributed by atoms with E-state index in [4.69, 9.17) is 9.47 Å². The van der Waals surface area contributed by atoms with Crippen molar-refractivity contribution in [3.8, 4) is 11.5 Å². The third-order valence-corrected chi connectivity index (χ3v) is 5.33. The summed E-state index contributed by atoms with van der Waals surface area (Å²) in [5, 5.41) is 13.0. The summed E-state index contributed by atoms with van der Waals surface area (Å²) >= 11 is 0. The maximum absolute atomic E-state index is 11.2. The van der Waals surface area contributed by atoms with Gasteiger partial charge in [0, 0.05) is 6.04 Å². The van der Waals surface area contributed by atoms with Gasteiger partial charge in [-0.2, -0.15) is 0 Å². The lowest BCUT2D eigenvalue weighted by Crippen LogP contribution is -2.37. The summed E-state index contributed by atoms with van der Waals surface area (Å²) in [6.07, 6.45) is 3.16. The standard InChI is InChI=1S/C22H27NO4/c1-26-19-7-3-5-16(13-19)21(17-6-4-8-20(14-17)27-2)23-18-11-9-15(10-12-18)22(24)25/h3-8,13-15,18,21,23H,9-12H2,1-2H3,(H,24,25). The molecule has 0 amide bonds.